The van der Waals surface area contributed by atoms with Gasteiger partial charge in [-0.15, -0.1) is 0 Å². The van der Waals surface area contributed by atoms with Crippen LogP contribution in [-0.2, 0) is 9.53 Å². The summed E-state index contributed by atoms with van der Waals surface area (Å²) < 4.78 is 4.96. The zero-order valence-electron chi connectivity index (χ0n) is 10.6. The summed E-state index contributed by atoms with van der Waals surface area (Å²) in [7, 11) is 0. The van der Waals surface area contributed by atoms with E-state index >= 15 is 0 Å². The summed E-state index contributed by atoms with van der Waals surface area (Å²) in [6.45, 7) is 8.33. The molecule has 0 radical (unpaired) electrons. The van der Waals surface area contributed by atoms with Crippen LogP contribution in [0.15, 0.2) is 29.0 Å². The lowest BCUT2D eigenvalue weighted by molar-refractivity contribution is -0.133. The van der Waals surface area contributed by atoms with Gasteiger partial charge in [0.1, 0.15) is 0 Å². The number of hydrogen-bond acceptors (Lipinski definition) is 4. The van der Waals surface area contributed by atoms with E-state index < -0.39 is 5.97 Å². The molecule has 0 fully saturated rings. The molecule has 0 bridgehead atoms. The van der Waals surface area contributed by atoms with Gasteiger partial charge in [-0.3, -0.25) is 4.79 Å². The normalized spacial score (nSPS) is 9.89. The zero-order chi connectivity index (χ0) is 13.5. The van der Waals surface area contributed by atoms with Gasteiger partial charge in [-0.1, -0.05) is 12.2 Å². The summed E-state index contributed by atoms with van der Waals surface area (Å²) >= 11 is 1.41. The molecule has 18 heavy (non-hydrogen) atoms. The van der Waals surface area contributed by atoms with Gasteiger partial charge in [-0.05, 0) is 25.3 Å². The van der Waals surface area contributed by atoms with Crippen molar-refractivity contribution in [1.29, 1.82) is 0 Å². The summed E-state index contributed by atoms with van der Waals surface area (Å²) in [4.78, 5) is 24.9. The molecule has 0 spiro atoms. The van der Waals surface area contributed by atoms with Crippen LogP contribution in [0.3, 0.4) is 0 Å². The highest BCUT2D eigenvalue weighted by molar-refractivity contribution is 7.08. The van der Waals surface area contributed by atoms with Gasteiger partial charge < -0.3 is 9.64 Å². The SMILES string of the molecule is C=C(C)CN(CC)C(=O)COC(=O)c1ccsc1. The minimum atomic E-state index is -0.462. The van der Waals surface area contributed by atoms with Crippen molar-refractivity contribution in [3.63, 3.8) is 0 Å². The molecular weight excluding hydrogens is 250 g/mol. The Kier molecular flexibility index (Phi) is 5.58. The number of amides is 1. The molecule has 0 saturated carbocycles. The van der Waals surface area contributed by atoms with E-state index in [4.69, 9.17) is 4.74 Å². The van der Waals surface area contributed by atoms with Crippen molar-refractivity contribution >= 4 is 23.2 Å². The molecule has 0 aliphatic carbocycles. The van der Waals surface area contributed by atoms with Crippen molar-refractivity contribution in [2.24, 2.45) is 0 Å². The number of likely N-dealkylation sites (N-methyl/N-ethyl adjacent to an activating group) is 1. The van der Waals surface area contributed by atoms with Gasteiger partial charge in [0.15, 0.2) is 6.61 Å². The third kappa shape index (κ3) is 4.33. The van der Waals surface area contributed by atoms with E-state index in [9.17, 15) is 9.59 Å². The maximum absolute atomic E-state index is 11.8. The maximum atomic E-state index is 11.8. The van der Waals surface area contributed by atoms with E-state index in [-0.39, 0.29) is 12.5 Å². The zero-order valence-corrected chi connectivity index (χ0v) is 11.5. The number of thiophene rings is 1. The summed E-state index contributed by atoms with van der Waals surface area (Å²) in [6.07, 6.45) is 0. The van der Waals surface area contributed by atoms with E-state index in [1.54, 1.807) is 21.7 Å². The van der Waals surface area contributed by atoms with Crippen LogP contribution in [0.5, 0.6) is 0 Å². The maximum Gasteiger partial charge on any atom is 0.339 e. The fraction of sp³-hybridized carbons (Fsp3) is 0.385. The Morgan fingerprint density at radius 2 is 2.22 bits per heavy atom. The first kappa shape index (κ1) is 14.4. The predicted octanol–water partition coefficient (Wildman–Crippen LogP) is 2.33. The van der Waals surface area contributed by atoms with E-state index in [0.29, 0.717) is 18.7 Å². The molecule has 0 aliphatic rings. The smallest absolute Gasteiger partial charge is 0.339 e. The molecule has 5 heteroatoms. The average Bonchev–Trinajstić information content (AvgIpc) is 2.86. The van der Waals surface area contributed by atoms with Crippen LogP contribution in [0.1, 0.15) is 24.2 Å². The lowest BCUT2D eigenvalue weighted by atomic mass is 10.3. The summed E-state index contributed by atoms with van der Waals surface area (Å²) in [6, 6.07) is 1.67. The molecular formula is C13H17NO3S. The Bertz CT molecular complexity index is 425. The van der Waals surface area contributed by atoms with Gasteiger partial charge in [-0.25, -0.2) is 4.79 Å². The van der Waals surface area contributed by atoms with Crippen molar-refractivity contribution in [1.82, 2.24) is 4.90 Å². The Balaban J connectivity index is 2.44. The van der Waals surface area contributed by atoms with E-state index in [1.807, 2.05) is 13.8 Å². The Labute approximate surface area is 111 Å². The Morgan fingerprint density at radius 1 is 1.50 bits per heavy atom. The number of ether oxygens (including phenoxy) is 1. The topological polar surface area (TPSA) is 46.6 Å². The van der Waals surface area contributed by atoms with E-state index in [1.165, 1.54) is 11.3 Å². The van der Waals surface area contributed by atoms with Crippen LogP contribution < -0.4 is 0 Å². The average molecular weight is 267 g/mol. The monoisotopic (exact) mass is 267 g/mol. The first-order valence-corrected chi connectivity index (χ1v) is 6.60. The molecule has 1 rings (SSSR count). The second-order valence-corrected chi connectivity index (χ2v) is 4.73. The van der Waals surface area contributed by atoms with Crippen LogP contribution in [-0.4, -0.2) is 36.5 Å². The van der Waals surface area contributed by atoms with Gasteiger partial charge in [0.2, 0.25) is 0 Å². The molecule has 0 aliphatic heterocycles. The minimum absolute atomic E-state index is 0.205. The number of rotatable bonds is 6. The number of esters is 1. The molecule has 1 aromatic rings. The Morgan fingerprint density at radius 3 is 2.72 bits per heavy atom. The summed E-state index contributed by atoms with van der Waals surface area (Å²) in [5, 5.41) is 3.48. The molecule has 1 aromatic heterocycles. The molecule has 4 nitrogen and oxygen atoms in total. The van der Waals surface area contributed by atoms with Gasteiger partial charge >= 0.3 is 5.97 Å². The largest absolute Gasteiger partial charge is 0.452 e. The van der Waals surface area contributed by atoms with Gasteiger partial charge in [0, 0.05) is 18.5 Å². The predicted molar refractivity (Wildman–Crippen MR) is 71.7 cm³/mol. The van der Waals surface area contributed by atoms with E-state index in [2.05, 4.69) is 6.58 Å². The molecule has 0 N–H and O–H groups in total. The van der Waals surface area contributed by atoms with Crippen LogP contribution in [0.2, 0.25) is 0 Å². The molecule has 0 aromatic carbocycles. The first-order chi connectivity index (χ1) is 8.54. The molecule has 0 unspecified atom stereocenters. The fourth-order valence-corrected chi connectivity index (χ4v) is 2.01. The lowest BCUT2D eigenvalue weighted by Crippen LogP contribution is -2.35. The highest BCUT2D eigenvalue weighted by atomic mass is 32.1. The number of carbonyl (C=O) groups excluding carboxylic acids is 2. The van der Waals surface area contributed by atoms with Crippen LogP contribution in [0, 0.1) is 0 Å². The van der Waals surface area contributed by atoms with Gasteiger partial charge in [0.05, 0.1) is 5.56 Å². The highest BCUT2D eigenvalue weighted by Crippen LogP contribution is 2.07. The molecule has 0 saturated heterocycles. The number of hydrogen-bond donors (Lipinski definition) is 0. The van der Waals surface area contributed by atoms with Crippen LogP contribution >= 0.6 is 11.3 Å². The van der Waals surface area contributed by atoms with Crippen LogP contribution in [0.4, 0.5) is 0 Å². The van der Waals surface area contributed by atoms with Crippen molar-refractivity contribution in [2.45, 2.75) is 13.8 Å². The van der Waals surface area contributed by atoms with Crippen molar-refractivity contribution in [3.05, 3.63) is 34.5 Å². The third-order valence-electron chi connectivity index (χ3n) is 2.28. The second kappa shape index (κ2) is 6.96. The fourth-order valence-electron chi connectivity index (χ4n) is 1.38. The van der Waals surface area contributed by atoms with Crippen molar-refractivity contribution in [3.8, 4) is 0 Å². The lowest BCUT2D eigenvalue weighted by Gasteiger charge is -2.20. The number of nitrogens with zero attached hydrogens (tertiary/aromatic N) is 1. The Hall–Kier alpha value is -1.62. The molecule has 98 valence electrons. The molecule has 1 heterocycles. The minimum Gasteiger partial charge on any atom is -0.452 e. The third-order valence-corrected chi connectivity index (χ3v) is 2.96. The molecule has 0 atom stereocenters. The van der Waals surface area contributed by atoms with E-state index in [0.717, 1.165) is 5.57 Å². The standard InChI is InChI=1S/C13H17NO3S/c1-4-14(7-10(2)3)12(15)8-17-13(16)11-5-6-18-9-11/h5-6,9H,2,4,7-8H2,1,3H3. The summed E-state index contributed by atoms with van der Waals surface area (Å²) in [5.41, 5.74) is 1.38. The van der Waals surface area contributed by atoms with Gasteiger partial charge in [-0.2, -0.15) is 11.3 Å². The highest BCUT2D eigenvalue weighted by Gasteiger charge is 2.15. The first-order valence-electron chi connectivity index (χ1n) is 5.66. The number of carbonyl (C=O) groups is 2. The quantitative estimate of drug-likeness (QED) is 0.587. The van der Waals surface area contributed by atoms with Crippen molar-refractivity contribution in [2.75, 3.05) is 19.7 Å². The van der Waals surface area contributed by atoms with Crippen LogP contribution in [0.25, 0.3) is 0 Å². The molecule has 1 amide bonds. The van der Waals surface area contributed by atoms with Gasteiger partial charge in [0.25, 0.3) is 5.91 Å². The second-order valence-electron chi connectivity index (χ2n) is 3.95. The summed E-state index contributed by atoms with van der Waals surface area (Å²) in [5.74, 6) is -0.667. The van der Waals surface area contributed by atoms with Crippen molar-refractivity contribution < 1.29 is 14.3 Å².